The zero-order valence-electron chi connectivity index (χ0n) is 18.0. The first-order chi connectivity index (χ1) is 14.3. The lowest BCUT2D eigenvalue weighted by Crippen LogP contribution is -2.49. The van der Waals surface area contributed by atoms with Crippen LogP contribution in [-0.2, 0) is 14.8 Å². The Labute approximate surface area is 179 Å². The molecule has 7 heteroatoms. The Hall–Kier alpha value is -2.38. The van der Waals surface area contributed by atoms with Gasteiger partial charge in [0.1, 0.15) is 0 Å². The largest absolute Gasteiger partial charge is 0.368 e. The van der Waals surface area contributed by atoms with Crippen molar-refractivity contribution in [3.05, 3.63) is 59.7 Å². The van der Waals surface area contributed by atoms with E-state index in [4.69, 9.17) is 0 Å². The van der Waals surface area contributed by atoms with E-state index in [9.17, 15) is 13.2 Å². The molecular formula is C23H31N3O3S. The number of benzene rings is 2. The van der Waals surface area contributed by atoms with Crippen LogP contribution in [0.5, 0.6) is 0 Å². The lowest BCUT2D eigenvalue weighted by atomic mass is 10.0. The Morgan fingerprint density at radius 3 is 2.23 bits per heavy atom. The lowest BCUT2D eigenvalue weighted by Gasteiger charge is -2.36. The Morgan fingerprint density at radius 1 is 1.00 bits per heavy atom. The van der Waals surface area contributed by atoms with E-state index in [-0.39, 0.29) is 23.8 Å². The van der Waals surface area contributed by atoms with E-state index in [0.29, 0.717) is 19.0 Å². The third-order valence-corrected chi connectivity index (χ3v) is 7.05. The Kier molecular flexibility index (Phi) is 7.15. The smallest absolute Gasteiger partial charge is 0.240 e. The molecule has 162 valence electrons. The van der Waals surface area contributed by atoms with Gasteiger partial charge in [0.15, 0.2) is 0 Å². The second-order valence-electron chi connectivity index (χ2n) is 8.03. The molecule has 0 radical (unpaired) electrons. The van der Waals surface area contributed by atoms with Crippen LogP contribution in [0, 0.1) is 6.92 Å². The van der Waals surface area contributed by atoms with Gasteiger partial charge in [-0.05, 0) is 42.2 Å². The highest BCUT2D eigenvalue weighted by molar-refractivity contribution is 7.89. The number of anilines is 1. The van der Waals surface area contributed by atoms with Gasteiger partial charge in [-0.15, -0.1) is 0 Å². The molecular weight excluding hydrogens is 398 g/mol. The van der Waals surface area contributed by atoms with E-state index >= 15 is 0 Å². The highest BCUT2D eigenvalue weighted by Crippen LogP contribution is 2.21. The molecule has 1 saturated heterocycles. The lowest BCUT2D eigenvalue weighted by molar-refractivity contribution is -0.131. The van der Waals surface area contributed by atoms with Gasteiger partial charge in [0.25, 0.3) is 0 Å². The van der Waals surface area contributed by atoms with Crippen LogP contribution in [0.4, 0.5) is 5.69 Å². The molecule has 1 amide bonds. The molecule has 0 atom stereocenters. The van der Waals surface area contributed by atoms with Gasteiger partial charge in [-0.3, -0.25) is 4.79 Å². The molecule has 2 aromatic carbocycles. The quantitative estimate of drug-likeness (QED) is 0.734. The fourth-order valence-corrected chi connectivity index (χ4v) is 4.71. The van der Waals surface area contributed by atoms with E-state index in [1.54, 1.807) is 12.1 Å². The monoisotopic (exact) mass is 429 g/mol. The number of hydrogen-bond donors (Lipinski definition) is 1. The minimum Gasteiger partial charge on any atom is -0.368 e. The predicted molar refractivity (Wildman–Crippen MR) is 120 cm³/mol. The summed E-state index contributed by atoms with van der Waals surface area (Å²) >= 11 is 0. The highest BCUT2D eigenvalue weighted by Gasteiger charge is 2.22. The number of rotatable bonds is 7. The van der Waals surface area contributed by atoms with Crippen molar-refractivity contribution < 1.29 is 13.2 Å². The number of amides is 1. The fraction of sp³-hybridized carbons (Fsp3) is 0.435. The summed E-state index contributed by atoms with van der Waals surface area (Å²) in [6.07, 6.45) is 0.160. The van der Waals surface area contributed by atoms with Gasteiger partial charge in [-0.1, -0.05) is 44.2 Å². The third-order valence-electron chi connectivity index (χ3n) is 5.58. The van der Waals surface area contributed by atoms with Gasteiger partial charge in [0.2, 0.25) is 15.9 Å². The maximum absolute atomic E-state index is 12.5. The number of nitrogens with one attached hydrogen (secondary N) is 1. The van der Waals surface area contributed by atoms with Gasteiger partial charge in [0, 0.05) is 44.8 Å². The molecule has 6 nitrogen and oxygen atoms in total. The minimum atomic E-state index is -3.61. The van der Waals surface area contributed by atoms with Crippen LogP contribution in [0.1, 0.15) is 37.3 Å². The molecule has 0 bridgehead atoms. The maximum atomic E-state index is 12.5. The van der Waals surface area contributed by atoms with E-state index in [1.807, 2.05) is 29.2 Å². The topological polar surface area (TPSA) is 69.7 Å². The number of nitrogens with zero attached hydrogens (tertiary/aromatic N) is 2. The van der Waals surface area contributed by atoms with Crippen LogP contribution in [0.25, 0.3) is 0 Å². The number of sulfonamides is 1. The van der Waals surface area contributed by atoms with E-state index in [1.165, 1.54) is 11.3 Å². The van der Waals surface area contributed by atoms with Gasteiger partial charge in [0.05, 0.1) is 4.90 Å². The molecule has 1 aliphatic rings. The molecule has 1 fully saturated rings. The summed E-state index contributed by atoms with van der Waals surface area (Å²) in [4.78, 5) is 16.9. The summed E-state index contributed by atoms with van der Waals surface area (Å²) in [6.45, 7) is 9.19. The molecule has 30 heavy (non-hydrogen) atoms. The molecule has 0 saturated carbocycles. The predicted octanol–water partition coefficient (Wildman–Crippen LogP) is 3.14. The zero-order valence-corrected chi connectivity index (χ0v) is 18.8. The van der Waals surface area contributed by atoms with E-state index < -0.39 is 10.0 Å². The SMILES string of the molecule is Cc1ccccc1N1CCN(C(=O)CCNS(=O)(=O)c2ccc(C(C)C)cc2)CC1. The van der Waals surface area contributed by atoms with Gasteiger partial charge >= 0.3 is 0 Å². The fourth-order valence-electron chi connectivity index (χ4n) is 3.68. The second-order valence-corrected chi connectivity index (χ2v) is 9.79. The number of piperazine rings is 1. The van der Waals surface area contributed by atoms with Crippen molar-refractivity contribution in [3.8, 4) is 0 Å². The van der Waals surface area contributed by atoms with Crippen LogP contribution in [0.2, 0.25) is 0 Å². The summed E-state index contributed by atoms with van der Waals surface area (Å²) in [5, 5.41) is 0. The number of carbonyl (C=O) groups excluding carboxylic acids is 1. The molecule has 0 unspecified atom stereocenters. The van der Waals surface area contributed by atoms with Gasteiger partial charge in [-0.2, -0.15) is 0 Å². The summed E-state index contributed by atoms with van der Waals surface area (Å²) in [6, 6.07) is 15.1. The highest BCUT2D eigenvalue weighted by atomic mass is 32.2. The van der Waals surface area contributed by atoms with Crippen molar-refractivity contribution in [2.75, 3.05) is 37.6 Å². The number of hydrogen-bond acceptors (Lipinski definition) is 4. The normalized spacial score (nSPS) is 14.9. The van der Waals surface area contributed by atoms with Crippen molar-refractivity contribution in [2.45, 2.75) is 38.0 Å². The Morgan fingerprint density at radius 2 is 1.63 bits per heavy atom. The maximum Gasteiger partial charge on any atom is 0.240 e. The number of para-hydroxylation sites is 1. The summed E-state index contributed by atoms with van der Waals surface area (Å²) < 4.78 is 27.5. The van der Waals surface area contributed by atoms with Crippen LogP contribution in [-0.4, -0.2) is 51.9 Å². The average molecular weight is 430 g/mol. The minimum absolute atomic E-state index is 0.0164. The second kappa shape index (κ2) is 9.62. The molecule has 0 aromatic heterocycles. The van der Waals surface area contributed by atoms with E-state index in [2.05, 4.69) is 42.5 Å². The number of aryl methyl sites for hydroxylation is 1. The average Bonchev–Trinajstić information content (AvgIpc) is 2.74. The van der Waals surface area contributed by atoms with Crippen LogP contribution < -0.4 is 9.62 Å². The number of carbonyl (C=O) groups is 1. The molecule has 1 aliphatic heterocycles. The molecule has 1 heterocycles. The van der Waals surface area contributed by atoms with Crippen LogP contribution in [0.15, 0.2) is 53.4 Å². The molecule has 0 aliphatic carbocycles. The van der Waals surface area contributed by atoms with Crippen LogP contribution in [0.3, 0.4) is 0 Å². The van der Waals surface area contributed by atoms with Crippen molar-refractivity contribution in [3.63, 3.8) is 0 Å². The van der Waals surface area contributed by atoms with Crippen molar-refractivity contribution >= 4 is 21.6 Å². The molecule has 1 N–H and O–H groups in total. The van der Waals surface area contributed by atoms with Crippen molar-refractivity contribution in [1.82, 2.24) is 9.62 Å². The Balaban J connectivity index is 1.47. The molecule has 3 rings (SSSR count). The first-order valence-corrected chi connectivity index (χ1v) is 11.9. The van der Waals surface area contributed by atoms with Crippen molar-refractivity contribution in [2.24, 2.45) is 0 Å². The summed E-state index contributed by atoms with van der Waals surface area (Å²) in [5.74, 6) is 0.330. The standard InChI is InChI=1S/C23H31N3O3S/c1-18(2)20-8-10-21(11-9-20)30(28,29)24-13-12-23(27)26-16-14-25(15-17-26)22-7-5-4-6-19(22)3/h4-11,18,24H,12-17H2,1-3H3. The van der Waals surface area contributed by atoms with Crippen molar-refractivity contribution in [1.29, 1.82) is 0 Å². The van der Waals surface area contributed by atoms with Crippen LogP contribution >= 0.6 is 0 Å². The third kappa shape index (κ3) is 5.40. The zero-order chi connectivity index (χ0) is 21.7. The first kappa shape index (κ1) is 22.3. The summed E-state index contributed by atoms with van der Waals surface area (Å²) in [7, 11) is -3.61. The first-order valence-electron chi connectivity index (χ1n) is 10.5. The van der Waals surface area contributed by atoms with Gasteiger partial charge < -0.3 is 9.80 Å². The van der Waals surface area contributed by atoms with Gasteiger partial charge in [-0.25, -0.2) is 13.1 Å². The van der Waals surface area contributed by atoms with E-state index in [0.717, 1.165) is 18.7 Å². The summed E-state index contributed by atoms with van der Waals surface area (Å²) in [5.41, 5.74) is 3.53. The Bertz CT molecular complexity index is 963. The molecule has 2 aromatic rings. The molecule has 0 spiro atoms.